The van der Waals surface area contributed by atoms with Gasteiger partial charge in [0.25, 0.3) is 0 Å². The summed E-state index contributed by atoms with van der Waals surface area (Å²) < 4.78 is 10.8. The summed E-state index contributed by atoms with van der Waals surface area (Å²) in [6, 6.07) is 5.53. The fourth-order valence-corrected chi connectivity index (χ4v) is 2.15. The van der Waals surface area contributed by atoms with Crippen LogP contribution in [0.5, 0.6) is 5.75 Å². The smallest absolute Gasteiger partial charge is 0.316 e. The third-order valence-corrected chi connectivity index (χ3v) is 3.19. The van der Waals surface area contributed by atoms with Crippen molar-refractivity contribution in [2.45, 2.75) is 44.6 Å². The van der Waals surface area contributed by atoms with E-state index in [-0.39, 0.29) is 11.7 Å². The Kier molecular flexibility index (Phi) is 6.20. The molecule has 0 aliphatic heterocycles. The minimum Gasteiger partial charge on any atom is -0.491 e. The van der Waals surface area contributed by atoms with Crippen LogP contribution in [0.15, 0.2) is 23.1 Å². The van der Waals surface area contributed by atoms with Crippen LogP contribution in [0.25, 0.3) is 0 Å². The van der Waals surface area contributed by atoms with Gasteiger partial charge in [0.1, 0.15) is 11.4 Å². The quantitative estimate of drug-likeness (QED) is 0.495. The van der Waals surface area contributed by atoms with E-state index in [1.807, 2.05) is 39.8 Å². The van der Waals surface area contributed by atoms with Crippen molar-refractivity contribution in [3.05, 3.63) is 18.2 Å². The lowest BCUT2D eigenvalue weighted by atomic mass is 10.2. The number of ether oxygens (including phenoxy) is 2. The summed E-state index contributed by atoms with van der Waals surface area (Å²) in [7, 11) is 0. The summed E-state index contributed by atoms with van der Waals surface area (Å²) in [5, 5.41) is 0. The van der Waals surface area contributed by atoms with Gasteiger partial charge in [-0.25, -0.2) is 0 Å². The molecule has 112 valence electrons. The van der Waals surface area contributed by atoms with Crippen molar-refractivity contribution in [2.75, 3.05) is 18.1 Å². The lowest BCUT2D eigenvalue weighted by Crippen LogP contribution is -2.24. The molecule has 0 atom stereocenters. The van der Waals surface area contributed by atoms with Crippen LogP contribution in [0.4, 0.5) is 5.69 Å². The van der Waals surface area contributed by atoms with E-state index in [4.69, 9.17) is 15.2 Å². The van der Waals surface area contributed by atoms with Gasteiger partial charge < -0.3 is 15.2 Å². The second kappa shape index (κ2) is 7.43. The van der Waals surface area contributed by atoms with Gasteiger partial charge in [-0.1, -0.05) is 6.92 Å². The Bertz CT molecular complexity index is 455. The summed E-state index contributed by atoms with van der Waals surface area (Å²) in [5.74, 6) is 0.713. The van der Waals surface area contributed by atoms with Crippen LogP contribution < -0.4 is 10.5 Å². The number of thioether (sulfide) groups is 1. The molecule has 0 aliphatic carbocycles. The fourth-order valence-electron chi connectivity index (χ4n) is 1.45. The number of benzene rings is 1. The Hall–Kier alpha value is -1.36. The van der Waals surface area contributed by atoms with E-state index in [0.717, 1.165) is 11.3 Å². The Morgan fingerprint density at radius 3 is 2.65 bits per heavy atom. The molecule has 0 amide bonds. The first-order chi connectivity index (χ1) is 9.31. The molecule has 1 aromatic carbocycles. The maximum absolute atomic E-state index is 11.7. The van der Waals surface area contributed by atoms with Crippen molar-refractivity contribution in [1.29, 1.82) is 0 Å². The first-order valence-corrected chi connectivity index (χ1v) is 7.67. The summed E-state index contributed by atoms with van der Waals surface area (Å²) in [4.78, 5) is 12.6. The highest BCUT2D eigenvalue weighted by atomic mass is 32.2. The average molecular weight is 297 g/mol. The van der Waals surface area contributed by atoms with Gasteiger partial charge in [-0.05, 0) is 45.4 Å². The molecular weight excluding hydrogens is 274 g/mol. The molecule has 0 aromatic heterocycles. The zero-order valence-electron chi connectivity index (χ0n) is 12.6. The highest BCUT2D eigenvalue weighted by molar-refractivity contribution is 8.00. The predicted molar refractivity (Wildman–Crippen MR) is 83.2 cm³/mol. The molecule has 0 saturated heterocycles. The molecule has 0 saturated carbocycles. The molecule has 1 rings (SSSR count). The molecule has 0 bridgehead atoms. The summed E-state index contributed by atoms with van der Waals surface area (Å²) in [6.45, 7) is 8.24. The van der Waals surface area contributed by atoms with Crippen molar-refractivity contribution in [3.8, 4) is 5.75 Å². The van der Waals surface area contributed by atoms with E-state index in [0.29, 0.717) is 18.0 Å². The van der Waals surface area contributed by atoms with Crippen molar-refractivity contribution in [3.63, 3.8) is 0 Å². The summed E-state index contributed by atoms with van der Waals surface area (Å²) in [5.41, 5.74) is 6.00. The minimum atomic E-state index is -0.450. The van der Waals surface area contributed by atoms with Gasteiger partial charge in [-0.3, -0.25) is 4.79 Å². The van der Waals surface area contributed by atoms with Crippen molar-refractivity contribution >= 4 is 23.4 Å². The molecule has 0 unspecified atom stereocenters. The largest absolute Gasteiger partial charge is 0.491 e. The molecule has 5 heteroatoms. The van der Waals surface area contributed by atoms with E-state index in [9.17, 15) is 4.79 Å². The van der Waals surface area contributed by atoms with Gasteiger partial charge in [0, 0.05) is 4.90 Å². The number of anilines is 1. The lowest BCUT2D eigenvalue weighted by molar-refractivity contribution is -0.151. The van der Waals surface area contributed by atoms with Crippen LogP contribution in [0.2, 0.25) is 0 Å². The van der Waals surface area contributed by atoms with Gasteiger partial charge in [0.2, 0.25) is 0 Å². The molecule has 0 heterocycles. The van der Waals surface area contributed by atoms with Crippen LogP contribution in [-0.4, -0.2) is 23.9 Å². The Balaban J connectivity index is 2.58. The standard InChI is InChI=1S/C15H23NO3S/c1-5-8-18-13-9-11(6-7-12(13)16)20-10-14(17)19-15(2,3)4/h6-7,9H,5,8,10,16H2,1-4H3. The van der Waals surface area contributed by atoms with Gasteiger partial charge >= 0.3 is 5.97 Å². The van der Waals surface area contributed by atoms with Crippen molar-refractivity contribution in [1.82, 2.24) is 0 Å². The number of hydrogen-bond donors (Lipinski definition) is 1. The summed E-state index contributed by atoms with van der Waals surface area (Å²) >= 11 is 1.42. The topological polar surface area (TPSA) is 61.5 Å². The second-order valence-corrected chi connectivity index (χ2v) is 6.47. The highest BCUT2D eigenvalue weighted by Crippen LogP contribution is 2.29. The molecule has 4 nitrogen and oxygen atoms in total. The van der Waals surface area contributed by atoms with Gasteiger partial charge in [0.15, 0.2) is 0 Å². The second-order valence-electron chi connectivity index (χ2n) is 5.42. The molecule has 0 fully saturated rings. The maximum Gasteiger partial charge on any atom is 0.316 e. The minimum absolute atomic E-state index is 0.227. The van der Waals surface area contributed by atoms with Gasteiger partial charge in [-0.15, -0.1) is 11.8 Å². The van der Waals surface area contributed by atoms with Crippen LogP contribution in [0.1, 0.15) is 34.1 Å². The van der Waals surface area contributed by atoms with Crippen LogP contribution >= 0.6 is 11.8 Å². The Morgan fingerprint density at radius 2 is 2.05 bits per heavy atom. The molecule has 1 aromatic rings. The molecule has 0 radical (unpaired) electrons. The number of carbonyl (C=O) groups excluding carboxylic acids is 1. The van der Waals surface area contributed by atoms with Crippen LogP contribution in [0, 0.1) is 0 Å². The molecule has 0 aliphatic rings. The zero-order chi connectivity index (χ0) is 15.2. The van der Waals surface area contributed by atoms with E-state index >= 15 is 0 Å². The number of nitrogen functional groups attached to an aromatic ring is 1. The number of carbonyl (C=O) groups is 1. The molecular formula is C15H23NO3S. The number of nitrogens with two attached hydrogens (primary N) is 1. The normalized spacial score (nSPS) is 11.2. The van der Waals surface area contributed by atoms with Gasteiger partial charge in [0.05, 0.1) is 18.0 Å². The van der Waals surface area contributed by atoms with Crippen LogP contribution in [-0.2, 0) is 9.53 Å². The van der Waals surface area contributed by atoms with Crippen molar-refractivity contribution in [2.24, 2.45) is 0 Å². The zero-order valence-corrected chi connectivity index (χ0v) is 13.4. The average Bonchev–Trinajstić information content (AvgIpc) is 2.34. The molecule has 2 N–H and O–H groups in total. The van der Waals surface area contributed by atoms with Gasteiger partial charge in [-0.2, -0.15) is 0 Å². The number of esters is 1. The first kappa shape index (κ1) is 16.7. The fraction of sp³-hybridized carbons (Fsp3) is 0.533. The monoisotopic (exact) mass is 297 g/mol. The number of rotatable bonds is 6. The molecule has 20 heavy (non-hydrogen) atoms. The third-order valence-electron chi connectivity index (χ3n) is 2.22. The maximum atomic E-state index is 11.7. The van der Waals surface area contributed by atoms with E-state index in [1.165, 1.54) is 11.8 Å². The molecule has 0 spiro atoms. The SMILES string of the molecule is CCCOc1cc(SCC(=O)OC(C)(C)C)ccc1N. The third kappa shape index (κ3) is 6.19. The lowest BCUT2D eigenvalue weighted by Gasteiger charge is -2.19. The van der Waals surface area contributed by atoms with Crippen LogP contribution in [0.3, 0.4) is 0 Å². The van der Waals surface area contributed by atoms with E-state index in [2.05, 4.69) is 0 Å². The Labute approximate surface area is 125 Å². The van der Waals surface area contributed by atoms with E-state index in [1.54, 1.807) is 6.07 Å². The first-order valence-electron chi connectivity index (χ1n) is 6.69. The van der Waals surface area contributed by atoms with E-state index < -0.39 is 5.60 Å². The Morgan fingerprint density at radius 1 is 1.35 bits per heavy atom. The number of hydrogen-bond acceptors (Lipinski definition) is 5. The summed E-state index contributed by atoms with van der Waals surface area (Å²) in [6.07, 6.45) is 0.925. The highest BCUT2D eigenvalue weighted by Gasteiger charge is 2.16. The van der Waals surface area contributed by atoms with Crippen molar-refractivity contribution < 1.29 is 14.3 Å². The predicted octanol–water partition coefficient (Wildman–Crippen LogP) is 3.49.